The van der Waals surface area contributed by atoms with Crippen LogP contribution in [0.1, 0.15) is 90.5 Å². The number of hydrogen-bond donors (Lipinski definition) is 11. The van der Waals surface area contributed by atoms with E-state index in [4.69, 9.17) is 10.5 Å². The van der Waals surface area contributed by atoms with Crippen molar-refractivity contribution in [2.24, 2.45) is 29.4 Å². The van der Waals surface area contributed by atoms with Crippen LogP contribution in [0.25, 0.3) is 10.9 Å². The Kier molecular flexibility index (Phi) is 22.9. The number of fused-ring (bicyclic) bond motifs is 5. The number of unbranched alkanes of at least 4 members (excludes halogenated alkanes) is 3. The van der Waals surface area contributed by atoms with E-state index in [2.05, 4.69) is 36.9 Å². The summed E-state index contributed by atoms with van der Waals surface area (Å²) >= 11 is 0. The number of primary amides is 1. The van der Waals surface area contributed by atoms with Gasteiger partial charge in [0.2, 0.25) is 47.3 Å². The second kappa shape index (κ2) is 29.5. The van der Waals surface area contributed by atoms with Gasteiger partial charge in [0.05, 0.1) is 78.6 Å². The maximum atomic E-state index is 15.1. The van der Waals surface area contributed by atoms with Crippen molar-refractivity contribution in [3.8, 4) is 5.75 Å². The Bertz CT molecular complexity index is 2820. The monoisotopic (exact) mass is 1170 g/mol. The number of rotatable bonds is 18. The number of ether oxygens (including phenoxy) is 1. The molecule has 1 aromatic carbocycles. The molecule has 82 heavy (non-hydrogen) atoms. The Labute approximate surface area is 474 Å². The molecule has 0 aliphatic carbocycles. The molecule has 4 aliphatic rings. The van der Waals surface area contributed by atoms with Crippen molar-refractivity contribution in [3.05, 3.63) is 35.9 Å². The number of nitrogens with one attached hydrogen (secondary N) is 7. The highest BCUT2D eigenvalue weighted by molar-refractivity contribution is 7.85. The lowest BCUT2D eigenvalue weighted by Crippen LogP contribution is -2.56. The molecule has 28 heteroatoms. The quantitative estimate of drug-likeness (QED) is 0.0521. The Morgan fingerprint density at radius 2 is 1.54 bits per heavy atom. The van der Waals surface area contributed by atoms with E-state index in [1.807, 2.05) is 0 Å². The van der Waals surface area contributed by atoms with Gasteiger partial charge in [0, 0.05) is 87.2 Å². The summed E-state index contributed by atoms with van der Waals surface area (Å²) < 4.78 is 21.2. The molecule has 448 valence electrons. The zero-order valence-electron chi connectivity index (χ0n) is 46.0. The van der Waals surface area contributed by atoms with Gasteiger partial charge in [-0.05, 0) is 42.9 Å². The van der Waals surface area contributed by atoms with E-state index in [0.29, 0.717) is 48.9 Å². The number of hydrogen-bond acceptors (Lipinski definition) is 17. The fourth-order valence-electron chi connectivity index (χ4n) is 10.3. The van der Waals surface area contributed by atoms with Gasteiger partial charge in [0.25, 0.3) is 11.8 Å². The van der Waals surface area contributed by atoms with Crippen LogP contribution in [-0.4, -0.2) is 193 Å². The van der Waals surface area contributed by atoms with Crippen molar-refractivity contribution in [3.63, 3.8) is 0 Å². The van der Waals surface area contributed by atoms with Gasteiger partial charge in [0.1, 0.15) is 22.9 Å². The number of carbonyl (C=O) groups is 12. The van der Waals surface area contributed by atoms with Crippen LogP contribution in [0.4, 0.5) is 0 Å². The fraction of sp³-hybridized carbons (Fsp3) is 0.593. The predicted octanol–water partition coefficient (Wildman–Crippen LogP) is -3.07. The van der Waals surface area contributed by atoms with Crippen LogP contribution in [0.5, 0.6) is 5.75 Å². The largest absolute Gasteiger partial charge is 0.494 e. The number of amides is 10. The standard InChI is InChI=1S/C54H74N10O17S/c1-4-28(2)48-52(78)58-23-44(72)59-37-27-82(80)53-35(34-10-9-33(22-36(34)60-53)81-16-8-6-5-7-14-56-43(71)13-15-63-46(74)11-12-47(63)75)17-30(50(76)57-24-45(73)61-48)18-40(68)49(29(3)41(69)26-65)62-51(77)38-21-32(66)25-64(38)54(79)31(19-39(37)67)20-42(55)70/h9-12,22,28-32,37-38,41,48-49,60,65-66,69H,4-8,13-21,23-27H2,1-3H3,(H2,55,70)(H,56,71)(H,57,76)(H,58,78)(H,59,72)(H,61,73)(H,62,77)/t28-,29-,30?,31-,32?,37?,38-,41-,48-,49-,82?/m0/s1. The zero-order chi connectivity index (χ0) is 59.9. The van der Waals surface area contributed by atoms with E-state index < -0.39 is 193 Å². The van der Waals surface area contributed by atoms with E-state index in [1.165, 1.54) is 6.92 Å². The number of aliphatic hydroxyl groups is 3. The molecule has 1 aromatic heterocycles. The summed E-state index contributed by atoms with van der Waals surface area (Å²) in [6, 6.07) is -1.34. The van der Waals surface area contributed by atoms with Gasteiger partial charge in [-0.15, -0.1) is 0 Å². The summed E-state index contributed by atoms with van der Waals surface area (Å²) in [5.41, 5.74) is 6.10. The third-order valence-electron chi connectivity index (χ3n) is 15.2. The van der Waals surface area contributed by atoms with E-state index in [9.17, 15) is 72.9 Å². The van der Waals surface area contributed by atoms with Crippen LogP contribution in [0.3, 0.4) is 0 Å². The van der Waals surface area contributed by atoms with Crippen LogP contribution in [0.2, 0.25) is 0 Å². The van der Waals surface area contributed by atoms with Crippen LogP contribution >= 0.6 is 0 Å². The Hall–Kier alpha value is -7.43. The SMILES string of the molecule is CC[C@H](C)[C@@H]1NC(=O)CNC(=O)C2CC(=O)[C@H]([C@@H](C)[C@@H](O)CO)NC(=O)[C@@H]3CC(O)CN3C(=O)[C@H](CC(N)=O)CC(=O)C(CS(=O)c3[nH]c4cc(OCCCCCCNC(=O)CCN5C(=O)C=CC5=O)ccc4c3C2)NC(=O)CNC1=O. The number of aliphatic hydroxyl groups excluding tert-OH is 3. The lowest BCUT2D eigenvalue weighted by molar-refractivity contribution is -0.145. The van der Waals surface area contributed by atoms with Gasteiger partial charge < -0.3 is 67.6 Å². The van der Waals surface area contributed by atoms with Gasteiger partial charge in [-0.1, -0.05) is 40.0 Å². The van der Waals surface area contributed by atoms with Gasteiger partial charge in [0.15, 0.2) is 11.6 Å². The molecular formula is C54H74N10O17S. The van der Waals surface area contributed by atoms with Crippen LogP contribution in [0.15, 0.2) is 35.4 Å². The minimum Gasteiger partial charge on any atom is -0.494 e. The third kappa shape index (κ3) is 16.8. The molecule has 10 amide bonds. The summed E-state index contributed by atoms with van der Waals surface area (Å²) in [6.07, 6.45) is -0.739. The molecule has 6 rings (SSSR count). The number of ketones is 2. The molecule has 12 N–H and O–H groups in total. The molecular weight excluding hydrogens is 1090 g/mol. The Morgan fingerprint density at radius 3 is 2.22 bits per heavy atom. The van der Waals surface area contributed by atoms with Gasteiger partial charge in [-0.3, -0.25) is 66.6 Å². The van der Waals surface area contributed by atoms with Crippen LogP contribution < -0.4 is 42.4 Å². The first-order valence-corrected chi connectivity index (χ1v) is 28.8. The minimum atomic E-state index is -2.35. The Balaban J connectivity index is 1.36. The van der Waals surface area contributed by atoms with Crippen molar-refractivity contribution in [1.29, 1.82) is 0 Å². The summed E-state index contributed by atoms with van der Waals surface area (Å²) in [5.74, 6) is -14.7. The van der Waals surface area contributed by atoms with E-state index in [0.717, 1.165) is 28.4 Å². The number of benzene rings is 1. The number of Topliss-reactive ketones (excluding diaryl/α,β-unsaturated/α-hetero) is 2. The number of imide groups is 1. The first-order valence-electron chi connectivity index (χ1n) is 27.5. The molecule has 0 saturated carbocycles. The molecule has 11 atom stereocenters. The van der Waals surface area contributed by atoms with Crippen LogP contribution in [-0.2, 0) is 74.8 Å². The van der Waals surface area contributed by atoms with Crippen molar-refractivity contribution in [2.45, 2.75) is 133 Å². The number of aromatic amines is 1. The molecule has 1 saturated heterocycles. The highest BCUT2D eigenvalue weighted by Crippen LogP contribution is 2.33. The highest BCUT2D eigenvalue weighted by atomic mass is 32.2. The lowest BCUT2D eigenvalue weighted by Gasteiger charge is -2.32. The van der Waals surface area contributed by atoms with Crippen molar-refractivity contribution in [2.75, 3.05) is 51.7 Å². The summed E-state index contributed by atoms with van der Waals surface area (Å²) in [5, 5.41) is 47.5. The molecule has 2 bridgehead atoms. The smallest absolute Gasteiger partial charge is 0.253 e. The second-order valence-corrected chi connectivity index (χ2v) is 22.7. The minimum absolute atomic E-state index is 0.0225. The third-order valence-corrected chi connectivity index (χ3v) is 16.7. The predicted molar refractivity (Wildman–Crippen MR) is 290 cm³/mol. The van der Waals surface area contributed by atoms with Gasteiger partial charge in [-0.25, -0.2) is 0 Å². The average molecular weight is 1170 g/mol. The van der Waals surface area contributed by atoms with E-state index in [-0.39, 0.29) is 42.5 Å². The number of H-pyrrole nitrogens is 1. The van der Waals surface area contributed by atoms with E-state index in [1.54, 1.807) is 32.0 Å². The number of carbonyl (C=O) groups excluding carboxylic acids is 12. The van der Waals surface area contributed by atoms with Gasteiger partial charge >= 0.3 is 0 Å². The molecule has 4 unspecified atom stereocenters. The highest BCUT2D eigenvalue weighted by Gasteiger charge is 2.45. The topological polar surface area (TPSA) is 412 Å². The fourth-order valence-corrected chi connectivity index (χ4v) is 11.7. The summed E-state index contributed by atoms with van der Waals surface area (Å²) in [6.45, 7) is 2.54. The molecule has 4 aliphatic heterocycles. The maximum absolute atomic E-state index is 15.1. The lowest BCUT2D eigenvalue weighted by atomic mass is 9.85. The number of nitrogens with zero attached hydrogens (tertiary/aromatic N) is 2. The van der Waals surface area contributed by atoms with Crippen molar-refractivity contribution < 1.29 is 81.8 Å². The molecule has 27 nitrogen and oxygen atoms in total. The van der Waals surface area contributed by atoms with Crippen molar-refractivity contribution >= 4 is 92.3 Å². The first-order chi connectivity index (χ1) is 39.0. The summed E-state index contributed by atoms with van der Waals surface area (Å²) in [4.78, 5) is 167. The molecule has 5 heterocycles. The second-order valence-electron chi connectivity index (χ2n) is 21.3. The van der Waals surface area contributed by atoms with E-state index >= 15 is 4.21 Å². The molecule has 1 fully saturated rings. The van der Waals surface area contributed by atoms with Crippen molar-refractivity contribution in [1.82, 2.24) is 46.7 Å². The Morgan fingerprint density at radius 1 is 0.854 bits per heavy atom. The number of aromatic nitrogens is 1. The molecule has 0 radical (unpaired) electrons. The first kappa shape index (κ1) is 63.7. The maximum Gasteiger partial charge on any atom is 0.253 e. The normalized spacial score (nSPS) is 25.8. The average Bonchev–Trinajstić information content (AvgIpc) is 4.23. The van der Waals surface area contributed by atoms with Gasteiger partial charge in [-0.2, -0.15) is 0 Å². The number of nitrogens with two attached hydrogens (primary N) is 1. The molecule has 0 spiro atoms. The van der Waals surface area contributed by atoms with Crippen LogP contribution in [0, 0.1) is 23.7 Å². The summed E-state index contributed by atoms with van der Waals surface area (Å²) in [7, 11) is -2.35. The molecule has 2 aromatic rings. The zero-order valence-corrected chi connectivity index (χ0v) is 46.8.